The van der Waals surface area contributed by atoms with Crippen LogP contribution in [0.1, 0.15) is 40.5 Å². The Kier molecular flexibility index (Phi) is 5.86. The van der Waals surface area contributed by atoms with Gasteiger partial charge in [0.2, 0.25) is 5.91 Å². The van der Waals surface area contributed by atoms with Crippen molar-refractivity contribution in [1.29, 1.82) is 0 Å². The zero-order valence-electron chi connectivity index (χ0n) is 17.8. The number of hydrogen-bond acceptors (Lipinski definition) is 4. The fourth-order valence-corrected chi connectivity index (χ4v) is 5.45. The molecule has 1 N–H and O–H groups in total. The van der Waals surface area contributed by atoms with E-state index in [4.69, 9.17) is 4.98 Å². The van der Waals surface area contributed by atoms with Crippen molar-refractivity contribution in [3.05, 3.63) is 77.3 Å². The van der Waals surface area contributed by atoms with Crippen molar-refractivity contribution >= 4 is 44.1 Å². The van der Waals surface area contributed by atoms with Crippen LogP contribution in [0.5, 0.6) is 0 Å². The van der Waals surface area contributed by atoms with Crippen molar-refractivity contribution in [1.82, 2.24) is 15.2 Å². The van der Waals surface area contributed by atoms with Gasteiger partial charge in [0.15, 0.2) is 0 Å². The smallest absolute Gasteiger partial charge is 0.251 e. The van der Waals surface area contributed by atoms with Crippen LogP contribution in [0, 0.1) is 0 Å². The lowest BCUT2D eigenvalue weighted by atomic mass is 9.97. The van der Waals surface area contributed by atoms with Crippen LogP contribution in [-0.2, 0) is 4.79 Å². The third kappa shape index (κ3) is 4.36. The van der Waals surface area contributed by atoms with E-state index in [0.29, 0.717) is 24.4 Å². The van der Waals surface area contributed by atoms with Crippen molar-refractivity contribution < 1.29 is 9.59 Å². The van der Waals surface area contributed by atoms with E-state index in [1.165, 1.54) is 9.71 Å². The number of rotatable bonds is 5. The number of benzene rings is 3. The molecule has 0 atom stereocenters. The molecule has 1 aliphatic heterocycles. The van der Waals surface area contributed by atoms with E-state index in [2.05, 4.69) is 17.4 Å². The maximum absolute atomic E-state index is 12.6. The number of likely N-dealkylation sites (tertiary alicyclic amines) is 1. The summed E-state index contributed by atoms with van der Waals surface area (Å²) in [6.45, 7) is 1.85. The Morgan fingerprint density at radius 1 is 0.969 bits per heavy atom. The second-order valence-electron chi connectivity index (χ2n) is 8.24. The first kappa shape index (κ1) is 20.6. The molecular weight excluding hydrogens is 418 g/mol. The number of carbonyl (C=O) groups is 2. The SMILES string of the molecule is O=C(NCCC(=O)N1CCC(c2nc3ccccc3s2)CC1)c1ccc2ccccc2c1. The van der Waals surface area contributed by atoms with Crippen LogP contribution in [0.25, 0.3) is 21.0 Å². The van der Waals surface area contributed by atoms with E-state index >= 15 is 0 Å². The van der Waals surface area contributed by atoms with Gasteiger partial charge in [-0.15, -0.1) is 11.3 Å². The average molecular weight is 444 g/mol. The molecule has 162 valence electrons. The normalized spacial score (nSPS) is 14.7. The van der Waals surface area contributed by atoms with E-state index in [1.54, 1.807) is 11.3 Å². The van der Waals surface area contributed by atoms with Gasteiger partial charge in [0.25, 0.3) is 5.91 Å². The zero-order chi connectivity index (χ0) is 21.9. The minimum atomic E-state index is -0.141. The van der Waals surface area contributed by atoms with Crippen LogP contribution in [0.2, 0.25) is 0 Å². The van der Waals surface area contributed by atoms with Crippen LogP contribution in [0.4, 0.5) is 0 Å². The van der Waals surface area contributed by atoms with E-state index in [1.807, 2.05) is 59.5 Å². The first-order valence-corrected chi connectivity index (χ1v) is 11.9. The topological polar surface area (TPSA) is 62.3 Å². The predicted octanol–water partition coefficient (Wildman–Crippen LogP) is 4.98. The van der Waals surface area contributed by atoms with Crippen LogP contribution in [-0.4, -0.2) is 41.3 Å². The number of aromatic nitrogens is 1. The Morgan fingerprint density at radius 2 is 1.72 bits per heavy atom. The van der Waals surface area contributed by atoms with E-state index < -0.39 is 0 Å². The molecule has 3 aromatic carbocycles. The Balaban J connectivity index is 1.10. The quantitative estimate of drug-likeness (QED) is 0.473. The molecule has 0 saturated carbocycles. The highest BCUT2D eigenvalue weighted by Gasteiger charge is 2.25. The molecule has 0 aliphatic carbocycles. The molecule has 5 rings (SSSR count). The van der Waals surface area contributed by atoms with Crippen molar-refractivity contribution in [2.75, 3.05) is 19.6 Å². The highest BCUT2D eigenvalue weighted by molar-refractivity contribution is 7.18. The molecule has 2 heterocycles. The lowest BCUT2D eigenvalue weighted by Gasteiger charge is -2.31. The number of amides is 2. The number of nitrogens with one attached hydrogen (secondary N) is 1. The summed E-state index contributed by atoms with van der Waals surface area (Å²) >= 11 is 1.77. The molecule has 1 aromatic heterocycles. The molecule has 6 heteroatoms. The minimum absolute atomic E-state index is 0.103. The summed E-state index contributed by atoms with van der Waals surface area (Å²) in [6, 6.07) is 21.9. The number of carbonyl (C=O) groups excluding carboxylic acids is 2. The maximum atomic E-state index is 12.6. The van der Waals surface area contributed by atoms with Crippen molar-refractivity contribution in [2.24, 2.45) is 0 Å². The summed E-state index contributed by atoms with van der Waals surface area (Å²) in [6.07, 6.45) is 2.20. The van der Waals surface area contributed by atoms with Gasteiger partial charge in [0, 0.05) is 37.5 Å². The summed E-state index contributed by atoms with van der Waals surface area (Å²) < 4.78 is 1.23. The van der Waals surface area contributed by atoms with Gasteiger partial charge >= 0.3 is 0 Å². The Labute approximate surface area is 191 Å². The second-order valence-corrected chi connectivity index (χ2v) is 9.30. The van der Waals surface area contributed by atoms with Gasteiger partial charge in [0.05, 0.1) is 15.2 Å². The Hall–Kier alpha value is -3.25. The molecule has 2 amide bonds. The predicted molar refractivity (Wildman–Crippen MR) is 129 cm³/mol. The van der Waals surface area contributed by atoms with Gasteiger partial charge in [-0.25, -0.2) is 4.98 Å². The summed E-state index contributed by atoms with van der Waals surface area (Å²) in [5.41, 5.74) is 1.68. The zero-order valence-corrected chi connectivity index (χ0v) is 18.6. The first-order chi connectivity index (χ1) is 15.7. The number of para-hydroxylation sites is 1. The summed E-state index contributed by atoms with van der Waals surface area (Å²) in [7, 11) is 0. The number of thiazole rings is 1. The van der Waals surface area contributed by atoms with Crippen molar-refractivity contribution in [3.8, 4) is 0 Å². The molecule has 0 radical (unpaired) electrons. The third-order valence-electron chi connectivity index (χ3n) is 6.14. The Morgan fingerprint density at radius 3 is 2.53 bits per heavy atom. The molecule has 1 aliphatic rings. The van der Waals surface area contributed by atoms with Gasteiger partial charge in [-0.2, -0.15) is 0 Å². The fourth-order valence-electron chi connectivity index (χ4n) is 4.31. The third-order valence-corrected chi connectivity index (χ3v) is 7.34. The molecule has 32 heavy (non-hydrogen) atoms. The molecule has 5 nitrogen and oxygen atoms in total. The number of fused-ring (bicyclic) bond motifs is 2. The van der Waals surface area contributed by atoms with Gasteiger partial charge in [0.1, 0.15) is 0 Å². The van der Waals surface area contributed by atoms with E-state index in [0.717, 1.165) is 42.2 Å². The van der Waals surface area contributed by atoms with Crippen molar-refractivity contribution in [3.63, 3.8) is 0 Å². The van der Waals surface area contributed by atoms with Crippen LogP contribution < -0.4 is 5.32 Å². The van der Waals surface area contributed by atoms with Gasteiger partial charge in [-0.3, -0.25) is 9.59 Å². The molecule has 0 spiro atoms. The van der Waals surface area contributed by atoms with Gasteiger partial charge in [-0.1, -0.05) is 42.5 Å². The maximum Gasteiger partial charge on any atom is 0.251 e. The largest absolute Gasteiger partial charge is 0.352 e. The molecule has 0 unspecified atom stereocenters. The summed E-state index contributed by atoms with van der Waals surface area (Å²) in [5.74, 6) is 0.383. The number of nitrogens with zero attached hydrogens (tertiary/aromatic N) is 2. The summed E-state index contributed by atoms with van der Waals surface area (Å²) in [5, 5.41) is 6.21. The molecular formula is C26H25N3O2S. The molecule has 1 saturated heterocycles. The lowest BCUT2D eigenvalue weighted by Crippen LogP contribution is -2.39. The first-order valence-electron chi connectivity index (χ1n) is 11.1. The van der Waals surface area contributed by atoms with Gasteiger partial charge < -0.3 is 10.2 Å². The fraction of sp³-hybridized carbons (Fsp3) is 0.269. The average Bonchev–Trinajstić information content (AvgIpc) is 3.28. The highest BCUT2D eigenvalue weighted by Crippen LogP contribution is 2.33. The molecule has 0 bridgehead atoms. The van der Waals surface area contributed by atoms with Gasteiger partial charge in [-0.05, 0) is 47.9 Å². The second kappa shape index (κ2) is 9.09. The van der Waals surface area contributed by atoms with Crippen molar-refractivity contribution in [2.45, 2.75) is 25.2 Å². The van der Waals surface area contributed by atoms with Crippen LogP contribution in [0.15, 0.2) is 66.7 Å². The molecule has 1 fully saturated rings. The van der Waals surface area contributed by atoms with E-state index in [9.17, 15) is 9.59 Å². The lowest BCUT2D eigenvalue weighted by molar-refractivity contribution is -0.132. The number of piperidine rings is 1. The highest BCUT2D eigenvalue weighted by atomic mass is 32.1. The monoisotopic (exact) mass is 443 g/mol. The minimum Gasteiger partial charge on any atom is -0.352 e. The van der Waals surface area contributed by atoms with E-state index in [-0.39, 0.29) is 11.8 Å². The Bertz CT molecular complexity index is 1240. The van der Waals surface area contributed by atoms with Crippen LogP contribution >= 0.6 is 11.3 Å². The van der Waals surface area contributed by atoms with Crippen LogP contribution in [0.3, 0.4) is 0 Å². The number of hydrogen-bond donors (Lipinski definition) is 1. The summed E-state index contributed by atoms with van der Waals surface area (Å²) in [4.78, 5) is 31.8. The standard InChI is InChI=1S/C26H25N3O2S/c30-24(11-14-27-25(31)21-10-9-18-5-1-2-6-20(18)17-21)29-15-12-19(13-16-29)26-28-22-7-3-4-8-23(22)32-26/h1-10,17,19H,11-16H2,(H,27,31). The molecule has 4 aromatic rings.